The van der Waals surface area contributed by atoms with Crippen LogP contribution in [-0.4, -0.2) is 47.2 Å². The lowest BCUT2D eigenvalue weighted by atomic mass is 9.80. The molecule has 1 aliphatic carbocycles. The van der Waals surface area contributed by atoms with Crippen LogP contribution in [0.1, 0.15) is 85.5 Å². The fourth-order valence-corrected chi connectivity index (χ4v) is 4.80. The Kier molecular flexibility index (Phi) is 9.64. The van der Waals surface area contributed by atoms with Crippen molar-refractivity contribution >= 4 is 5.97 Å². The van der Waals surface area contributed by atoms with Crippen molar-refractivity contribution in [3.8, 4) is 0 Å². The number of unbranched alkanes of at least 4 members (excludes halogenated alkanes) is 1. The molecule has 0 bridgehead atoms. The molecule has 1 saturated carbocycles. The Hall–Kier alpha value is -0.910. The zero-order chi connectivity index (χ0) is 21.4. The van der Waals surface area contributed by atoms with Crippen LogP contribution >= 0.6 is 0 Å². The Morgan fingerprint density at radius 1 is 1.28 bits per heavy atom. The van der Waals surface area contributed by atoms with Crippen LogP contribution < -0.4 is 0 Å². The molecule has 2 N–H and O–H groups in total. The van der Waals surface area contributed by atoms with E-state index in [9.17, 15) is 15.0 Å². The molecule has 2 rings (SSSR count). The molecule has 2 fully saturated rings. The lowest BCUT2D eigenvalue weighted by molar-refractivity contribution is -0.143. The molecule has 5 heteroatoms. The fraction of sp³-hybridized carbons (Fsp3) is 0.875. The van der Waals surface area contributed by atoms with Gasteiger partial charge in [0.05, 0.1) is 31.0 Å². The number of hydrogen-bond donors (Lipinski definition) is 2. The first-order valence-electron chi connectivity index (χ1n) is 11.6. The van der Waals surface area contributed by atoms with Gasteiger partial charge in [-0.15, -0.1) is 0 Å². The normalized spacial score (nSPS) is 31.0. The van der Waals surface area contributed by atoms with Crippen LogP contribution in [0.2, 0.25) is 0 Å². The molecular formula is C24H42O5. The molecule has 0 aromatic carbocycles. The number of carbonyl (C=O) groups excluding carboxylic acids is 1. The van der Waals surface area contributed by atoms with E-state index in [0.717, 1.165) is 44.9 Å². The van der Waals surface area contributed by atoms with Crippen molar-refractivity contribution in [1.82, 2.24) is 0 Å². The summed E-state index contributed by atoms with van der Waals surface area (Å²) in [5, 5.41) is 21.2. The summed E-state index contributed by atoms with van der Waals surface area (Å²) in [6.45, 7) is 8.64. The van der Waals surface area contributed by atoms with Crippen LogP contribution in [-0.2, 0) is 14.3 Å². The number of esters is 1. The minimum atomic E-state index is -0.500. The number of aliphatic hydroxyl groups is 2. The molecule has 1 aliphatic heterocycles. The number of carbonyl (C=O) groups is 1. The lowest BCUT2D eigenvalue weighted by Gasteiger charge is -2.34. The maximum Gasteiger partial charge on any atom is 0.305 e. The maximum atomic E-state index is 11.5. The second-order valence-corrected chi connectivity index (χ2v) is 9.54. The van der Waals surface area contributed by atoms with E-state index < -0.39 is 12.2 Å². The van der Waals surface area contributed by atoms with E-state index in [-0.39, 0.29) is 29.5 Å². The summed E-state index contributed by atoms with van der Waals surface area (Å²) in [5.41, 5.74) is -0.150. The molecule has 0 spiro atoms. The molecule has 1 saturated heterocycles. The van der Waals surface area contributed by atoms with Gasteiger partial charge in [-0.2, -0.15) is 0 Å². The van der Waals surface area contributed by atoms with Gasteiger partial charge in [0.1, 0.15) is 0 Å². The third-order valence-corrected chi connectivity index (χ3v) is 6.78. The zero-order valence-corrected chi connectivity index (χ0v) is 18.8. The van der Waals surface area contributed by atoms with E-state index in [1.807, 2.05) is 19.1 Å². The van der Waals surface area contributed by atoms with Crippen molar-refractivity contribution < 1.29 is 24.5 Å². The minimum absolute atomic E-state index is 0.0529. The van der Waals surface area contributed by atoms with Gasteiger partial charge >= 0.3 is 5.97 Å². The summed E-state index contributed by atoms with van der Waals surface area (Å²) in [5.74, 6) is 0.230. The van der Waals surface area contributed by atoms with E-state index in [0.29, 0.717) is 25.4 Å². The second kappa shape index (κ2) is 11.5. The molecule has 6 atom stereocenters. The highest BCUT2D eigenvalue weighted by Gasteiger charge is 2.45. The smallest absolute Gasteiger partial charge is 0.305 e. The molecule has 1 heterocycles. The first-order valence-corrected chi connectivity index (χ1v) is 11.6. The van der Waals surface area contributed by atoms with Gasteiger partial charge in [-0.05, 0) is 50.4 Å². The molecule has 0 aromatic rings. The van der Waals surface area contributed by atoms with Gasteiger partial charge in [0.15, 0.2) is 0 Å². The van der Waals surface area contributed by atoms with Gasteiger partial charge in [0.2, 0.25) is 0 Å². The van der Waals surface area contributed by atoms with Gasteiger partial charge in [-0.3, -0.25) is 4.79 Å². The number of rotatable bonds is 11. The van der Waals surface area contributed by atoms with Crippen molar-refractivity contribution in [2.45, 2.75) is 110 Å². The summed E-state index contributed by atoms with van der Waals surface area (Å²) in [7, 11) is 0. The highest BCUT2D eigenvalue weighted by molar-refractivity contribution is 5.69. The van der Waals surface area contributed by atoms with Crippen molar-refractivity contribution in [3.05, 3.63) is 12.2 Å². The Balaban J connectivity index is 1.83. The average Bonchev–Trinajstić information content (AvgIpc) is 2.99. The Morgan fingerprint density at radius 3 is 2.72 bits per heavy atom. The number of hydrogen-bond acceptors (Lipinski definition) is 5. The van der Waals surface area contributed by atoms with Crippen LogP contribution in [0.4, 0.5) is 0 Å². The molecule has 168 valence electrons. The topological polar surface area (TPSA) is 76.0 Å². The summed E-state index contributed by atoms with van der Waals surface area (Å²) < 4.78 is 11.3. The number of fused-ring (bicyclic) bond motifs is 1. The Labute approximate surface area is 176 Å². The molecule has 5 nitrogen and oxygen atoms in total. The monoisotopic (exact) mass is 410 g/mol. The molecule has 1 unspecified atom stereocenters. The minimum Gasteiger partial charge on any atom is -0.466 e. The first-order chi connectivity index (χ1) is 13.8. The molecule has 29 heavy (non-hydrogen) atoms. The third-order valence-electron chi connectivity index (χ3n) is 6.78. The van der Waals surface area contributed by atoms with Crippen molar-refractivity contribution in [2.24, 2.45) is 17.3 Å². The SMILES string of the molecule is CCCCC(C)(C)[C@H](O)/C=C/[C@@H]1[C@H]2CCC(CCCC(=O)OCC)O[C@@H]2C[C@H]1O. The largest absolute Gasteiger partial charge is 0.466 e. The summed E-state index contributed by atoms with van der Waals surface area (Å²) in [6, 6.07) is 0. The maximum absolute atomic E-state index is 11.5. The quantitative estimate of drug-likeness (QED) is 0.390. The predicted octanol–water partition coefficient (Wildman–Crippen LogP) is 4.40. The van der Waals surface area contributed by atoms with Gasteiger partial charge in [-0.1, -0.05) is 45.8 Å². The van der Waals surface area contributed by atoms with E-state index >= 15 is 0 Å². The standard InChI is InChI=1S/C24H42O5/c1-5-7-15-24(3,4)22(26)14-13-18-19-12-11-17(29-21(19)16-20(18)25)9-8-10-23(27)28-6-2/h13-14,17-22,25-26H,5-12,15-16H2,1-4H3/b14-13+/t17?,18-,19-,20-,21-,22-/m1/s1. The number of ether oxygens (including phenoxy) is 2. The molecule has 0 radical (unpaired) electrons. The van der Waals surface area contributed by atoms with Crippen molar-refractivity contribution in [1.29, 1.82) is 0 Å². The first kappa shape index (κ1) is 24.4. The van der Waals surface area contributed by atoms with Crippen molar-refractivity contribution in [2.75, 3.05) is 6.61 Å². The zero-order valence-electron chi connectivity index (χ0n) is 18.8. The van der Waals surface area contributed by atoms with Gasteiger partial charge < -0.3 is 19.7 Å². The Bertz CT molecular complexity index is 529. The van der Waals surface area contributed by atoms with Gasteiger partial charge in [0, 0.05) is 18.8 Å². The predicted molar refractivity (Wildman–Crippen MR) is 114 cm³/mol. The van der Waals surface area contributed by atoms with Crippen LogP contribution in [0.5, 0.6) is 0 Å². The molecule has 0 aromatic heterocycles. The second-order valence-electron chi connectivity index (χ2n) is 9.54. The van der Waals surface area contributed by atoms with Crippen LogP contribution in [0.15, 0.2) is 12.2 Å². The fourth-order valence-electron chi connectivity index (χ4n) is 4.80. The molecule has 0 amide bonds. The van der Waals surface area contributed by atoms with E-state index in [1.165, 1.54) is 0 Å². The highest BCUT2D eigenvalue weighted by atomic mass is 16.5. The van der Waals surface area contributed by atoms with Crippen LogP contribution in [0, 0.1) is 17.3 Å². The molecular weight excluding hydrogens is 368 g/mol. The van der Waals surface area contributed by atoms with Crippen LogP contribution in [0.3, 0.4) is 0 Å². The highest BCUT2D eigenvalue weighted by Crippen LogP contribution is 2.43. The van der Waals surface area contributed by atoms with E-state index in [4.69, 9.17) is 9.47 Å². The summed E-state index contributed by atoms with van der Waals surface area (Å²) in [6.07, 6.45) is 11.2. The summed E-state index contributed by atoms with van der Waals surface area (Å²) in [4.78, 5) is 11.5. The number of aliphatic hydroxyl groups excluding tert-OH is 2. The van der Waals surface area contributed by atoms with Crippen LogP contribution in [0.25, 0.3) is 0 Å². The third kappa shape index (κ3) is 7.08. The average molecular weight is 411 g/mol. The van der Waals surface area contributed by atoms with E-state index in [2.05, 4.69) is 20.8 Å². The summed E-state index contributed by atoms with van der Waals surface area (Å²) >= 11 is 0. The van der Waals surface area contributed by atoms with Gasteiger partial charge in [-0.25, -0.2) is 0 Å². The molecule has 2 aliphatic rings. The van der Waals surface area contributed by atoms with Gasteiger partial charge in [0.25, 0.3) is 0 Å². The lowest BCUT2D eigenvalue weighted by Crippen LogP contribution is -2.34. The Morgan fingerprint density at radius 2 is 2.03 bits per heavy atom. The van der Waals surface area contributed by atoms with E-state index in [1.54, 1.807) is 0 Å². The van der Waals surface area contributed by atoms with Crippen molar-refractivity contribution in [3.63, 3.8) is 0 Å².